The van der Waals surface area contributed by atoms with E-state index in [0.29, 0.717) is 30.0 Å². The topological polar surface area (TPSA) is 77.5 Å². The van der Waals surface area contributed by atoms with Crippen molar-refractivity contribution in [1.82, 2.24) is 16.0 Å². The maximum Gasteiger partial charge on any atom is 0.257 e. The number of aliphatic imine (C=N–C) groups is 1. The lowest BCUT2D eigenvalue weighted by atomic mass is 10.0. The lowest BCUT2D eigenvalue weighted by Gasteiger charge is -2.16. The number of amides is 1. The number of rotatable bonds is 6. The number of anilines is 2. The van der Waals surface area contributed by atoms with Crippen molar-refractivity contribution in [2.75, 3.05) is 18.4 Å². The molecule has 0 saturated heterocycles. The summed E-state index contributed by atoms with van der Waals surface area (Å²) in [6.07, 6.45) is 2.30. The summed E-state index contributed by atoms with van der Waals surface area (Å²) in [6, 6.07) is 14.2. The van der Waals surface area contributed by atoms with Gasteiger partial charge < -0.3 is 16.0 Å². The van der Waals surface area contributed by atoms with E-state index in [-0.39, 0.29) is 5.91 Å². The van der Waals surface area contributed by atoms with Crippen molar-refractivity contribution in [3.8, 4) is 0 Å². The summed E-state index contributed by atoms with van der Waals surface area (Å²) in [5.41, 5.74) is 4.82. The number of hydrogen-bond acceptors (Lipinski definition) is 5. The normalized spacial score (nSPS) is 15.4. The smallest absolute Gasteiger partial charge is 0.257 e. The second kappa shape index (κ2) is 8.83. The first kappa shape index (κ1) is 20.3. The molecule has 1 aliphatic carbocycles. The lowest BCUT2D eigenvalue weighted by Crippen LogP contribution is -2.38. The van der Waals surface area contributed by atoms with Crippen molar-refractivity contribution in [3.63, 3.8) is 0 Å². The standard InChI is InChI=1S/C23H27N5OS/c1-14(2)26-22(30)17-4-3-5-18(12-17)27-20-9-8-16(13-19(20)15-6-7-15)21(29)28-23-24-10-11-25-23/h3-5,8-9,12-15,27H,6-7,10-11H2,1-2H3,(H,26,30)(H2,24,25,28,29). The minimum Gasteiger partial charge on any atom is -0.374 e. The lowest BCUT2D eigenvalue weighted by molar-refractivity contribution is 0.0976. The van der Waals surface area contributed by atoms with Gasteiger partial charge in [-0.2, -0.15) is 0 Å². The van der Waals surface area contributed by atoms with Gasteiger partial charge in [-0.05, 0) is 68.5 Å². The number of thiocarbonyl (C=S) groups is 1. The average molecular weight is 422 g/mol. The Hall–Kier alpha value is -2.93. The van der Waals surface area contributed by atoms with Crippen LogP contribution in [-0.2, 0) is 0 Å². The van der Waals surface area contributed by atoms with Gasteiger partial charge in [0, 0.05) is 35.1 Å². The molecule has 156 valence electrons. The second-order valence-corrected chi connectivity index (χ2v) is 8.43. The fraction of sp³-hybridized carbons (Fsp3) is 0.348. The number of hydrogen-bond donors (Lipinski definition) is 4. The minimum absolute atomic E-state index is 0.135. The molecule has 7 heteroatoms. The number of carbonyl (C=O) groups excluding carboxylic acids is 1. The molecular formula is C23H27N5OS. The Morgan fingerprint density at radius 1 is 1.17 bits per heavy atom. The first-order valence-corrected chi connectivity index (χ1v) is 10.8. The third-order valence-corrected chi connectivity index (χ3v) is 5.41. The predicted octanol–water partition coefficient (Wildman–Crippen LogP) is 3.67. The zero-order valence-electron chi connectivity index (χ0n) is 17.3. The highest BCUT2D eigenvalue weighted by molar-refractivity contribution is 7.80. The molecule has 2 aromatic rings. The molecule has 30 heavy (non-hydrogen) atoms. The van der Waals surface area contributed by atoms with E-state index in [4.69, 9.17) is 12.2 Å². The van der Waals surface area contributed by atoms with E-state index in [0.717, 1.165) is 41.3 Å². The van der Waals surface area contributed by atoms with Gasteiger partial charge in [-0.15, -0.1) is 0 Å². The highest BCUT2D eigenvalue weighted by Gasteiger charge is 2.27. The molecule has 0 aromatic heterocycles. The maximum absolute atomic E-state index is 12.6. The summed E-state index contributed by atoms with van der Waals surface area (Å²) in [7, 11) is 0. The molecule has 0 unspecified atom stereocenters. The van der Waals surface area contributed by atoms with E-state index < -0.39 is 0 Å². The highest BCUT2D eigenvalue weighted by atomic mass is 32.1. The molecule has 1 aliphatic heterocycles. The SMILES string of the molecule is CC(C)NC(=S)c1cccc(Nc2ccc(C(=O)NC3=NCCN3)cc2C2CC2)c1. The Labute approximate surface area is 182 Å². The molecule has 2 aromatic carbocycles. The fourth-order valence-corrected chi connectivity index (χ4v) is 3.81. The van der Waals surface area contributed by atoms with Gasteiger partial charge in [0.05, 0.1) is 6.54 Å². The molecule has 0 atom stereocenters. The van der Waals surface area contributed by atoms with E-state index in [9.17, 15) is 4.79 Å². The Bertz CT molecular complexity index is 997. The summed E-state index contributed by atoms with van der Waals surface area (Å²) in [5, 5.41) is 12.7. The van der Waals surface area contributed by atoms with Crippen LogP contribution in [0.4, 0.5) is 11.4 Å². The third-order valence-electron chi connectivity index (χ3n) is 5.06. The van der Waals surface area contributed by atoms with Gasteiger partial charge in [0.1, 0.15) is 4.99 Å². The van der Waals surface area contributed by atoms with Crippen molar-refractivity contribution in [1.29, 1.82) is 0 Å². The van der Waals surface area contributed by atoms with Crippen LogP contribution in [0.3, 0.4) is 0 Å². The van der Waals surface area contributed by atoms with E-state index in [1.807, 2.05) is 36.4 Å². The number of nitrogens with one attached hydrogen (secondary N) is 4. The number of carbonyl (C=O) groups is 1. The molecule has 4 N–H and O–H groups in total. The van der Waals surface area contributed by atoms with E-state index in [1.165, 1.54) is 5.56 Å². The van der Waals surface area contributed by atoms with Crippen molar-refractivity contribution < 1.29 is 4.79 Å². The van der Waals surface area contributed by atoms with Crippen LogP contribution in [0, 0.1) is 0 Å². The van der Waals surface area contributed by atoms with Gasteiger partial charge in [-0.25, -0.2) is 0 Å². The van der Waals surface area contributed by atoms with E-state index in [2.05, 4.69) is 46.2 Å². The second-order valence-electron chi connectivity index (χ2n) is 8.02. The van der Waals surface area contributed by atoms with Gasteiger partial charge in [0.2, 0.25) is 0 Å². The zero-order chi connectivity index (χ0) is 21.1. The first-order valence-electron chi connectivity index (χ1n) is 10.4. The quantitative estimate of drug-likeness (QED) is 0.536. The van der Waals surface area contributed by atoms with Crippen LogP contribution >= 0.6 is 12.2 Å². The molecule has 2 aliphatic rings. The van der Waals surface area contributed by atoms with Crippen LogP contribution in [0.15, 0.2) is 47.5 Å². The number of nitrogens with zero attached hydrogens (tertiary/aromatic N) is 1. The Balaban J connectivity index is 1.53. The molecule has 0 radical (unpaired) electrons. The monoisotopic (exact) mass is 421 g/mol. The van der Waals surface area contributed by atoms with Crippen molar-refractivity contribution in [3.05, 3.63) is 59.2 Å². The van der Waals surface area contributed by atoms with Crippen LogP contribution in [0.2, 0.25) is 0 Å². The molecule has 6 nitrogen and oxygen atoms in total. The van der Waals surface area contributed by atoms with E-state index in [1.54, 1.807) is 0 Å². The van der Waals surface area contributed by atoms with Gasteiger partial charge >= 0.3 is 0 Å². The molecule has 4 rings (SSSR count). The molecule has 1 saturated carbocycles. The van der Waals surface area contributed by atoms with Crippen molar-refractivity contribution in [2.24, 2.45) is 4.99 Å². The van der Waals surface area contributed by atoms with Crippen LogP contribution in [0.5, 0.6) is 0 Å². The van der Waals surface area contributed by atoms with Crippen LogP contribution < -0.4 is 21.3 Å². The molecule has 0 spiro atoms. The summed E-state index contributed by atoms with van der Waals surface area (Å²) in [6.45, 7) is 5.61. The van der Waals surface area contributed by atoms with E-state index >= 15 is 0 Å². The van der Waals surface area contributed by atoms with Crippen LogP contribution in [0.25, 0.3) is 0 Å². The number of guanidine groups is 1. The van der Waals surface area contributed by atoms with Crippen molar-refractivity contribution in [2.45, 2.75) is 38.6 Å². The maximum atomic E-state index is 12.6. The van der Waals surface area contributed by atoms with Gasteiger partial charge in [0.15, 0.2) is 5.96 Å². The fourth-order valence-electron chi connectivity index (χ4n) is 3.45. The Kier molecular flexibility index (Phi) is 5.99. The molecular weight excluding hydrogens is 394 g/mol. The summed E-state index contributed by atoms with van der Waals surface area (Å²) < 4.78 is 0. The number of benzene rings is 2. The minimum atomic E-state index is -0.135. The van der Waals surface area contributed by atoms with Crippen LogP contribution in [0.1, 0.15) is 54.1 Å². The predicted molar refractivity (Wildman–Crippen MR) is 126 cm³/mol. The molecule has 1 heterocycles. The highest BCUT2D eigenvalue weighted by Crippen LogP contribution is 2.44. The first-order chi connectivity index (χ1) is 14.5. The Morgan fingerprint density at radius 2 is 2.00 bits per heavy atom. The van der Waals surface area contributed by atoms with Gasteiger partial charge in [0.25, 0.3) is 5.91 Å². The van der Waals surface area contributed by atoms with Gasteiger partial charge in [-0.3, -0.25) is 15.1 Å². The van der Waals surface area contributed by atoms with Crippen molar-refractivity contribution >= 4 is 40.4 Å². The Morgan fingerprint density at radius 3 is 2.70 bits per heavy atom. The molecule has 0 bridgehead atoms. The summed E-state index contributed by atoms with van der Waals surface area (Å²) >= 11 is 5.50. The van der Waals surface area contributed by atoms with Gasteiger partial charge in [-0.1, -0.05) is 24.4 Å². The third kappa shape index (κ3) is 4.97. The summed E-state index contributed by atoms with van der Waals surface area (Å²) in [4.78, 5) is 17.6. The zero-order valence-corrected chi connectivity index (χ0v) is 18.1. The molecule has 1 amide bonds. The largest absolute Gasteiger partial charge is 0.374 e. The van der Waals surface area contributed by atoms with Crippen LogP contribution in [-0.4, -0.2) is 36.0 Å². The summed E-state index contributed by atoms with van der Waals surface area (Å²) in [5.74, 6) is 0.913. The average Bonchev–Trinajstić information content (AvgIpc) is 3.44. The molecule has 1 fully saturated rings.